The van der Waals surface area contributed by atoms with Crippen molar-refractivity contribution in [2.45, 2.75) is 30.8 Å². The average Bonchev–Trinajstić information content (AvgIpc) is 2.95. The number of nitrogens with one attached hydrogen (secondary N) is 1. The minimum atomic E-state index is -1.09. The molecular formula is C14H16N2O4. The first-order valence-electron chi connectivity index (χ1n) is 6.64. The third kappa shape index (κ3) is 1.71. The van der Waals surface area contributed by atoms with E-state index in [2.05, 4.69) is 5.32 Å². The molecule has 20 heavy (non-hydrogen) atoms. The van der Waals surface area contributed by atoms with Crippen molar-refractivity contribution in [2.75, 3.05) is 6.54 Å². The highest BCUT2D eigenvalue weighted by molar-refractivity contribution is 5.92. The van der Waals surface area contributed by atoms with E-state index in [1.807, 2.05) is 0 Å². The number of carbonyl (C=O) groups is 2. The van der Waals surface area contributed by atoms with Crippen LogP contribution >= 0.6 is 0 Å². The number of hydrogen-bond acceptors (Lipinski definition) is 3. The van der Waals surface area contributed by atoms with E-state index in [4.69, 9.17) is 0 Å². The van der Waals surface area contributed by atoms with E-state index in [9.17, 15) is 19.8 Å². The van der Waals surface area contributed by atoms with Gasteiger partial charge in [-0.3, -0.25) is 9.69 Å². The lowest BCUT2D eigenvalue weighted by Crippen LogP contribution is -2.52. The molecule has 3 N–H and O–H groups in total. The van der Waals surface area contributed by atoms with Crippen molar-refractivity contribution >= 4 is 12.0 Å². The van der Waals surface area contributed by atoms with Crippen LogP contribution in [0.5, 0.6) is 5.75 Å². The van der Waals surface area contributed by atoms with E-state index in [0.29, 0.717) is 25.8 Å². The molecular weight excluding hydrogens is 260 g/mol. The zero-order valence-corrected chi connectivity index (χ0v) is 10.9. The van der Waals surface area contributed by atoms with E-state index in [1.54, 1.807) is 24.3 Å². The van der Waals surface area contributed by atoms with Gasteiger partial charge in [-0.15, -0.1) is 0 Å². The second kappa shape index (κ2) is 4.40. The minimum Gasteiger partial charge on any atom is -0.508 e. The molecule has 2 amide bonds. The van der Waals surface area contributed by atoms with Crippen molar-refractivity contribution in [3.63, 3.8) is 0 Å². The van der Waals surface area contributed by atoms with E-state index < -0.39 is 11.6 Å². The Kier molecular flexibility index (Phi) is 2.81. The molecule has 3 rings (SSSR count). The fourth-order valence-corrected chi connectivity index (χ4v) is 3.42. The number of amides is 2. The third-order valence-corrected chi connectivity index (χ3v) is 4.31. The van der Waals surface area contributed by atoms with Gasteiger partial charge in [0.1, 0.15) is 11.3 Å². The van der Waals surface area contributed by atoms with Crippen LogP contribution in [0.2, 0.25) is 0 Å². The van der Waals surface area contributed by atoms with E-state index >= 15 is 0 Å². The number of phenolic OH excluding ortho intramolecular Hbond substituents is 1. The summed E-state index contributed by atoms with van der Waals surface area (Å²) in [6.45, 7) is 0.509. The second-order valence-corrected chi connectivity index (χ2v) is 5.34. The molecule has 2 atom stereocenters. The first-order chi connectivity index (χ1) is 9.54. The summed E-state index contributed by atoms with van der Waals surface area (Å²) < 4.78 is 0. The lowest BCUT2D eigenvalue weighted by atomic mass is 9.95. The molecule has 1 spiro atoms. The predicted molar refractivity (Wildman–Crippen MR) is 70.3 cm³/mol. The van der Waals surface area contributed by atoms with Gasteiger partial charge in [0.05, 0.1) is 6.04 Å². The summed E-state index contributed by atoms with van der Waals surface area (Å²) in [4.78, 5) is 25.0. The zero-order chi connectivity index (χ0) is 14.3. The number of carboxylic acid groups (broad SMARTS) is 1. The number of aromatic hydroxyl groups is 1. The van der Waals surface area contributed by atoms with Crippen LogP contribution in [0.3, 0.4) is 0 Å². The second-order valence-electron chi connectivity index (χ2n) is 5.34. The van der Waals surface area contributed by atoms with E-state index in [0.717, 1.165) is 5.56 Å². The van der Waals surface area contributed by atoms with Crippen LogP contribution in [0.1, 0.15) is 30.9 Å². The van der Waals surface area contributed by atoms with E-state index in [1.165, 1.54) is 4.90 Å². The fraction of sp³-hybridized carbons (Fsp3) is 0.429. The quantitative estimate of drug-likeness (QED) is 0.724. The summed E-state index contributed by atoms with van der Waals surface area (Å²) in [7, 11) is 0. The molecule has 2 aliphatic heterocycles. The highest BCUT2D eigenvalue weighted by atomic mass is 16.4. The van der Waals surface area contributed by atoms with Crippen LogP contribution in [0, 0.1) is 0 Å². The maximum Gasteiger partial charge on any atom is 0.408 e. The first-order valence-corrected chi connectivity index (χ1v) is 6.64. The molecule has 2 aliphatic rings. The van der Waals surface area contributed by atoms with Gasteiger partial charge >= 0.3 is 6.09 Å². The molecule has 1 aromatic rings. The van der Waals surface area contributed by atoms with Gasteiger partial charge in [0.15, 0.2) is 0 Å². The van der Waals surface area contributed by atoms with Crippen LogP contribution in [0.4, 0.5) is 4.79 Å². The van der Waals surface area contributed by atoms with Crippen LogP contribution in [0.15, 0.2) is 24.3 Å². The Morgan fingerprint density at radius 1 is 1.40 bits per heavy atom. The largest absolute Gasteiger partial charge is 0.508 e. The van der Waals surface area contributed by atoms with Gasteiger partial charge in [0.25, 0.3) is 0 Å². The van der Waals surface area contributed by atoms with Crippen LogP contribution in [-0.2, 0) is 4.79 Å². The molecule has 2 saturated heterocycles. The molecule has 0 aliphatic carbocycles. The van der Waals surface area contributed by atoms with E-state index in [-0.39, 0.29) is 17.7 Å². The molecule has 0 saturated carbocycles. The molecule has 106 valence electrons. The van der Waals surface area contributed by atoms with Crippen LogP contribution < -0.4 is 5.32 Å². The normalized spacial score (nSPS) is 28.9. The standard InChI is InChI=1S/C14H16N2O4/c17-10-3-1-2-9(8-10)11-4-5-14(16(11)13(19)20)6-7-15-12(14)18/h1-3,8,11,17H,4-7H2,(H,15,18)(H,19,20)/t11-,14-/m1/s1. The Bertz CT molecular complexity index is 574. The van der Waals surface area contributed by atoms with Crippen molar-refractivity contribution < 1.29 is 19.8 Å². The number of rotatable bonds is 1. The van der Waals surface area contributed by atoms with Crippen LogP contribution in [-0.4, -0.2) is 39.2 Å². The zero-order valence-electron chi connectivity index (χ0n) is 10.9. The van der Waals surface area contributed by atoms with Gasteiger partial charge in [0, 0.05) is 6.54 Å². The topological polar surface area (TPSA) is 89.9 Å². The molecule has 0 unspecified atom stereocenters. The first kappa shape index (κ1) is 12.8. The van der Waals surface area contributed by atoms with Crippen LogP contribution in [0.25, 0.3) is 0 Å². The van der Waals surface area contributed by atoms with Crippen molar-refractivity contribution in [3.8, 4) is 5.75 Å². The summed E-state index contributed by atoms with van der Waals surface area (Å²) in [5.41, 5.74) is -0.217. The molecule has 6 heteroatoms. The highest BCUT2D eigenvalue weighted by Crippen LogP contribution is 2.46. The van der Waals surface area contributed by atoms with Crippen molar-refractivity contribution in [2.24, 2.45) is 0 Å². The predicted octanol–water partition coefficient (Wildman–Crippen LogP) is 1.47. The molecule has 2 fully saturated rings. The molecule has 0 bridgehead atoms. The van der Waals surface area contributed by atoms with Crippen molar-refractivity contribution in [1.82, 2.24) is 10.2 Å². The molecule has 0 aromatic heterocycles. The monoisotopic (exact) mass is 276 g/mol. The number of likely N-dealkylation sites (tertiary alicyclic amines) is 1. The number of benzene rings is 1. The Balaban J connectivity index is 2.01. The van der Waals surface area contributed by atoms with Gasteiger partial charge < -0.3 is 15.5 Å². The SMILES string of the molecule is O=C(O)N1[C@@H](c2cccc(O)c2)CC[C@]12CCNC2=O. The molecule has 2 heterocycles. The molecule has 6 nitrogen and oxygen atoms in total. The maximum absolute atomic E-state index is 12.1. The minimum absolute atomic E-state index is 0.102. The fourth-order valence-electron chi connectivity index (χ4n) is 3.42. The Hall–Kier alpha value is -2.24. The van der Waals surface area contributed by atoms with Gasteiger partial charge in [0.2, 0.25) is 5.91 Å². The summed E-state index contributed by atoms with van der Waals surface area (Å²) in [5.74, 6) is -0.104. The molecule has 1 aromatic carbocycles. The smallest absolute Gasteiger partial charge is 0.408 e. The lowest BCUT2D eigenvalue weighted by Gasteiger charge is -2.34. The van der Waals surface area contributed by atoms with Crippen molar-refractivity contribution in [1.29, 1.82) is 0 Å². The Labute approximate surface area is 116 Å². The maximum atomic E-state index is 12.1. The molecule has 0 radical (unpaired) electrons. The summed E-state index contributed by atoms with van der Waals surface area (Å²) in [6, 6.07) is 6.19. The summed E-state index contributed by atoms with van der Waals surface area (Å²) >= 11 is 0. The van der Waals surface area contributed by atoms with Gasteiger partial charge in [-0.25, -0.2) is 4.79 Å². The number of nitrogens with zero attached hydrogens (tertiary/aromatic N) is 1. The average molecular weight is 276 g/mol. The Morgan fingerprint density at radius 3 is 2.80 bits per heavy atom. The highest BCUT2D eigenvalue weighted by Gasteiger charge is 2.56. The number of phenols is 1. The van der Waals surface area contributed by atoms with Gasteiger partial charge in [-0.05, 0) is 37.0 Å². The van der Waals surface area contributed by atoms with Gasteiger partial charge in [-0.1, -0.05) is 12.1 Å². The van der Waals surface area contributed by atoms with Gasteiger partial charge in [-0.2, -0.15) is 0 Å². The number of carbonyl (C=O) groups excluding carboxylic acids is 1. The third-order valence-electron chi connectivity index (χ3n) is 4.31. The lowest BCUT2D eigenvalue weighted by molar-refractivity contribution is -0.128. The van der Waals surface area contributed by atoms with Crippen molar-refractivity contribution in [3.05, 3.63) is 29.8 Å². The Morgan fingerprint density at radius 2 is 2.20 bits per heavy atom. The number of hydrogen-bond donors (Lipinski definition) is 3. The summed E-state index contributed by atoms with van der Waals surface area (Å²) in [6.07, 6.45) is 0.523. The summed E-state index contributed by atoms with van der Waals surface area (Å²) in [5, 5.41) is 21.8.